The average Bonchev–Trinajstić information content (AvgIpc) is 3.85. The summed E-state index contributed by atoms with van der Waals surface area (Å²) in [6.45, 7) is 6.17. The van der Waals surface area contributed by atoms with Crippen LogP contribution in [0.2, 0.25) is 5.28 Å². The van der Waals surface area contributed by atoms with E-state index in [1.807, 2.05) is 37.1 Å². The highest BCUT2D eigenvalue weighted by Gasteiger charge is 2.31. The fourth-order valence-corrected chi connectivity index (χ4v) is 7.33. The second-order valence-electron chi connectivity index (χ2n) is 13.4. The number of fused-ring (bicyclic) bond motifs is 4. The second-order valence-corrected chi connectivity index (χ2v) is 14.9. The molecule has 2 aromatic carbocycles. The minimum atomic E-state index is -0.867. The highest BCUT2D eigenvalue weighted by Crippen LogP contribution is 2.44. The van der Waals surface area contributed by atoms with E-state index in [2.05, 4.69) is 55.2 Å². The molecule has 1 saturated heterocycles. The Bertz CT molecular complexity index is 1890. The van der Waals surface area contributed by atoms with Crippen LogP contribution in [-0.2, 0) is 23.7 Å². The molecule has 3 atom stereocenters. The summed E-state index contributed by atoms with van der Waals surface area (Å²) in [5.41, 5.74) is 4.87. The van der Waals surface area contributed by atoms with E-state index < -0.39 is 36.0 Å². The number of anilines is 1. The third-order valence-corrected chi connectivity index (χ3v) is 9.77. The zero-order valence-corrected chi connectivity index (χ0v) is 31.4. The van der Waals surface area contributed by atoms with Gasteiger partial charge in [0, 0.05) is 31.2 Å². The van der Waals surface area contributed by atoms with Crippen molar-refractivity contribution in [2.75, 3.05) is 43.6 Å². The lowest BCUT2D eigenvalue weighted by atomic mass is 9.98. The third-order valence-electron chi connectivity index (χ3n) is 8.51. The summed E-state index contributed by atoms with van der Waals surface area (Å²) in [5, 5.41) is 8.55. The van der Waals surface area contributed by atoms with E-state index in [0.717, 1.165) is 22.3 Å². The first-order chi connectivity index (χ1) is 25.5. The zero-order valence-electron chi connectivity index (χ0n) is 29.8. The van der Waals surface area contributed by atoms with Gasteiger partial charge in [0.2, 0.25) is 5.28 Å². The molecule has 53 heavy (non-hydrogen) atoms. The lowest BCUT2D eigenvalue weighted by molar-refractivity contribution is -0.143. The number of rotatable bonds is 14. The molecule has 3 N–H and O–H groups in total. The average molecular weight is 764 g/mol. The Morgan fingerprint density at radius 3 is 2.42 bits per heavy atom. The maximum atomic E-state index is 12.9. The maximum Gasteiger partial charge on any atom is 0.407 e. The minimum absolute atomic E-state index is 0.0304. The molecule has 4 aromatic rings. The van der Waals surface area contributed by atoms with Crippen LogP contribution in [0.4, 0.5) is 15.4 Å². The van der Waals surface area contributed by atoms with Crippen molar-refractivity contribution in [2.45, 2.75) is 57.1 Å². The van der Waals surface area contributed by atoms with E-state index in [1.165, 1.54) is 7.11 Å². The first-order valence-electron chi connectivity index (χ1n) is 17.2. The van der Waals surface area contributed by atoms with E-state index in [-0.39, 0.29) is 23.9 Å². The lowest BCUT2D eigenvalue weighted by Crippen LogP contribution is -2.42. The van der Waals surface area contributed by atoms with Crippen LogP contribution >= 0.6 is 23.4 Å². The maximum absolute atomic E-state index is 12.9. The van der Waals surface area contributed by atoms with Crippen molar-refractivity contribution in [3.8, 4) is 11.1 Å². The Morgan fingerprint density at radius 1 is 1.00 bits per heavy atom. The predicted octanol–water partition coefficient (Wildman–Crippen LogP) is 5.93. The van der Waals surface area contributed by atoms with Crippen molar-refractivity contribution in [3.05, 3.63) is 84.1 Å². The molecule has 1 fully saturated rings. The second kappa shape index (κ2) is 17.0. The highest BCUT2D eigenvalue weighted by molar-refractivity contribution is 7.99. The molecule has 1 aliphatic carbocycles. The molecule has 2 amide bonds. The normalized spacial score (nSPS) is 17.2. The summed E-state index contributed by atoms with van der Waals surface area (Å²) in [5.74, 6) is 0.941. The van der Waals surface area contributed by atoms with Crippen LogP contribution in [0.3, 0.4) is 0 Å². The number of esters is 1. The van der Waals surface area contributed by atoms with E-state index in [1.54, 1.807) is 43.4 Å². The largest absolute Gasteiger partial charge is 0.467 e. The van der Waals surface area contributed by atoms with Crippen LogP contribution in [0.5, 0.6) is 0 Å². The Morgan fingerprint density at radius 2 is 1.72 bits per heavy atom. The number of halogens is 1. The molecule has 0 unspecified atom stereocenters. The van der Waals surface area contributed by atoms with Gasteiger partial charge in [-0.2, -0.15) is 21.7 Å². The van der Waals surface area contributed by atoms with Crippen molar-refractivity contribution >= 4 is 58.5 Å². The molecule has 0 saturated carbocycles. The molecule has 6 rings (SSSR count). The zero-order chi connectivity index (χ0) is 37.5. The highest BCUT2D eigenvalue weighted by atomic mass is 35.5. The van der Waals surface area contributed by atoms with Crippen molar-refractivity contribution in [3.63, 3.8) is 0 Å². The molecule has 2 aromatic heterocycles. The van der Waals surface area contributed by atoms with Crippen LogP contribution in [0, 0.1) is 12.8 Å². The SMILES string of the molecule is COC(=O)[C@H](CCSC[C@@H]1[CH][CH][C@H](n2cnc3c(NCCNC(=O)OC(C)(C)C)nc(Cl)nc32)O1)NC(=O)OCC1c2ccccc2-c2ccccc21. The number of hydrogen-bond donors (Lipinski definition) is 3. The molecule has 0 bridgehead atoms. The number of imidazole rings is 1. The first kappa shape index (κ1) is 38.1. The molecule has 16 heteroatoms. The number of ether oxygens (including phenoxy) is 4. The number of alkyl carbamates (subject to hydrolysis) is 2. The van der Waals surface area contributed by atoms with Crippen LogP contribution in [-0.4, -0.2) is 93.7 Å². The van der Waals surface area contributed by atoms with E-state index >= 15 is 0 Å². The van der Waals surface area contributed by atoms with Crippen LogP contribution in [0.1, 0.15) is 50.5 Å². The number of thioether (sulfide) groups is 1. The first-order valence-corrected chi connectivity index (χ1v) is 18.8. The molecule has 1 aliphatic heterocycles. The number of amides is 2. The fourth-order valence-electron chi connectivity index (χ4n) is 6.18. The van der Waals surface area contributed by atoms with Gasteiger partial charge in [-0.1, -0.05) is 48.5 Å². The number of aromatic nitrogens is 4. The van der Waals surface area contributed by atoms with Gasteiger partial charge in [-0.3, -0.25) is 4.57 Å². The van der Waals surface area contributed by atoms with Crippen molar-refractivity contribution in [2.24, 2.45) is 0 Å². The van der Waals surface area contributed by atoms with Gasteiger partial charge < -0.3 is 34.9 Å². The van der Waals surface area contributed by atoms with Crippen LogP contribution in [0.25, 0.3) is 22.3 Å². The lowest BCUT2D eigenvalue weighted by Gasteiger charge is -2.19. The molecular weight excluding hydrogens is 722 g/mol. The monoisotopic (exact) mass is 763 g/mol. The summed E-state index contributed by atoms with van der Waals surface area (Å²) < 4.78 is 23.9. The number of methoxy groups -OCH3 is 1. The van der Waals surface area contributed by atoms with Crippen LogP contribution in [0.15, 0.2) is 54.9 Å². The van der Waals surface area contributed by atoms with Gasteiger partial charge in [0.1, 0.15) is 24.5 Å². The van der Waals surface area contributed by atoms with E-state index in [4.69, 9.17) is 30.5 Å². The molecule has 280 valence electrons. The Balaban J connectivity index is 0.957. The van der Waals surface area contributed by atoms with E-state index in [0.29, 0.717) is 48.0 Å². The standard InChI is InChI=1S/C37H42ClN7O7S/c1-37(2,3)52-35(47)40-17-16-39-31-30-32(44-34(38)43-31)45(21-41-30)29-14-13-22(51-29)20-53-18-15-28(33(46)49-4)42-36(48)50-19-27-25-11-7-5-9-23(25)24-10-6-8-12-26(24)27/h5-14,21-22,27-29H,15-20H2,1-4H3,(H,40,47)(H,42,48)(H,39,43,44)/t22-,28-,29+/m0/s1. The third kappa shape index (κ3) is 9.50. The quantitative estimate of drug-likeness (QED) is 0.0601. The number of nitrogens with zero attached hydrogens (tertiary/aromatic N) is 4. The molecular formula is C37H42ClN7O7S. The summed E-state index contributed by atoms with van der Waals surface area (Å²) in [6.07, 6.45) is 3.94. The molecule has 2 radical (unpaired) electrons. The van der Waals surface area contributed by atoms with Gasteiger partial charge in [0.25, 0.3) is 0 Å². The summed E-state index contributed by atoms with van der Waals surface area (Å²) in [6, 6.07) is 15.3. The number of carbonyl (C=O) groups is 3. The molecule has 3 heterocycles. The number of nitrogens with one attached hydrogen (secondary N) is 3. The number of carbonyl (C=O) groups excluding carboxylic acids is 3. The van der Waals surface area contributed by atoms with E-state index in [9.17, 15) is 14.4 Å². The topological polar surface area (TPSA) is 168 Å². The van der Waals surface area contributed by atoms with Gasteiger partial charge in [-0.15, -0.1) is 0 Å². The molecule has 14 nitrogen and oxygen atoms in total. The smallest absolute Gasteiger partial charge is 0.407 e. The fraction of sp³-hybridized carbons (Fsp3) is 0.405. The van der Waals surface area contributed by atoms with Gasteiger partial charge in [-0.05, 0) is 73.2 Å². The van der Waals surface area contributed by atoms with Crippen molar-refractivity contribution < 1.29 is 33.3 Å². The Labute approximate surface area is 317 Å². The van der Waals surface area contributed by atoms with Gasteiger partial charge in [0.15, 0.2) is 17.0 Å². The van der Waals surface area contributed by atoms with Crippen molar-refractivity contribution in [1.82, 2.24) is 30.2 Å². The minimum Gasteiger partial charge on any atom is -0.467 e. The molecule has 0 spiro atoms. The summed E-state index contributed by atoms with van der Waals surface area (Å²) in [4.78, 5) is 50.5. The van der Waals surface area contributed by atoms with Crippen molar-refractivity contribution in [1.29, 1.82) is 0 Å². The van der Waals surface area contributed by atoms with Gasteiger partial charge in [-0.25, -0.2) is 19.4 Å². The Kier molecular flexibility index (Phi) is 12.3. The summed E-state index contributed by atoms with van der Waals surface area (Å²) in [7, 11) is 1.29. The predicted molar refractivity (Wildman–Crippen MR) is 202 cm³/mol. The van der Waals surface area contributed by atoms with Gasteiger partial charge in [0.05, 0.1) is 19.5 Å². The Hall–Kier alpha value is -4.60. The summed E-state index contributed by atoms with van der Waals surface area (Å²) >= 11 is 7.84. The van der Waals surface area contributed by atoms with Crippen LogP contribution < -0.4 is 16.0 Å². The molecule has 2 aliphatic rings. The number of hydrogen-bond acceptors (Lipinski definition) is 12. The van der Waals surface area contributed by atoms with Gasteiger partial charge >= 0.3 is 18.2 Å². The number of benzene rings is 2.